The van der Waals surface area contributed by atoms with Crippen molar-refractivity contribution in [1.82, 2.24) is 0 Å². The number of unbranched alkanes of at least 4 members (excludes halogenated alkanes) is 2. The number of halogens is 1. The molecule has 1 aliphatic rings. The normalized spacial score (nSPS) is 24.3. The van der Waals surface area contributed by atoms with Crippen molar-refractivity contribution in [3.63, 3.8) is 0 Å². The van der Waals surface area contributed by atoms with Gasteiger partial charge in [0, 0.05) is 11.8 Å². The third-order valence-corrected chi connectivity index (χ3v) is 2.11. The van der Waals surface area contributed by atoms with Crippen LogP contribution in [0.2, 0.25) is 0 Å². The quantitative estimate of drug-likeness (QED) is 0.408. The summed E-state index contributed by atoms with van der Waals surface area (Å²) in [5.74, 6) is 0. The smallest absolute Gasteiger partial charge is 0.194 e. The van der Waals surface area contributed by atoms with E-state index in [1.807, 2.05) is 0 Å². The Morgan fingerprint density at radius 3 is 2.82 bits per heavy atom. The van der Waals surface area contributed by atoms with Crippen LogP contribution in [-0.2, 0) is 14.5 Å². The minimum absolute atomic E-state index is 0.120. The molecule has 0 aromatic rings. The number of ether oxygens (including phenoxy) is 1. The van der Waals surface area contributed by atoms with Crippen molar-refractivity contribution in [2.75, 3.05) is 12.1 Å². The average molecular weight is 225 g/mol. The molecular weight excluding hydrogens is 212 g/mol. The summed E-state index contributed by atoms with van der Waals surface area (Å²) < 4.78 is 5.08. The van der Waals surface area contributed by atoms with Gasteiger partial charge in [-0.2, -0.15) is 0 Å². The molecule has 1 atom stereocenters. The van der Waals surface area contributed by atoms with Crippen LogP contribution < -0.4 is 0 Å². The van der Waals surface area contributed by atoms with Gasteiger partial charge in [-0.1, -0.05) is 22.4 Å². The molecule has 0 bridgehead atoms. The summed E-state index contributed by atoms with van der Waals surface area (Å²) in [5, 5.41) is 1.08. The van der Waals surface area contributed by atoms with E-state index in [1.54, 1.807) is 0 Å². The fourth-order valence-corrected chi connectivity index (χ4v) is 1.35. The zero-order chi connectivity index (χ0) is 7.94. The van der Waals surface area contributed by atoms with Gasteiger partial charge in [-0.05, 0) is 12.8 Å². The first kappa shape index (κ1) is 9.45. The summed E-state index contributed by atoms with van der Waals surface area (Å²) >= 11 is 3.38. The second-order valence-electron chi connectivity index (χ2n) is 2.47. The molecule has 0 aliphatic carbocycles. The number of hydrogen-bond donors (Lipinski definition) is 0. The van der Waals surface area contributed by atoms with E-state index in [0.29, 0.717) is 0 Å². The first-order valence-corrected chi connectivity index (χ1v) is 5.01. The molecule has 4 heteroatoms. The maximum Gasteiger partial charge on any atom is 0.194 e. The zero-order valence-electron chi connectivity index (χ0n) is 6.42. The third kappa shape index (κ3) is 4.06. The highest BCUT2D eigenvalue weighted by atomic mass is 79.9. The average Bonchev–Trinajstić information content (AvgIpc) is 2.50. The van der Waals surface area contributed by atoms with Gasteiger partial charge in [0.15, 0.2) is 13.1 Å². The van der Waals surface area contributed by atoms with Crippen molar-refractivity contribution >= 4 is 15.9 Å². The van der Waals surface area contributed by atoms with Crippen molar-refractivity contribution < 1.29 is 14.5 Å². The molecule has 1 rings (SSSR count). The van der Waals surface area contributed by atoms with Gasteiger partial charge in [-0.15, -0.1) is 0 Å². The van der Waals surface area contributed by atoms with Crippen LogP contribution in [0.5, 0.6) is 0 Å². The van der Waals surface area contributed by atoms with Crippen LogP contribution in [0, 0.1) is 0 Å². The molecule has 3 nitrogen and oxygen atoms in total. The molecule has 0 N–H and O–H groups in total. The van der Waals surface area contributed by atoms with Crippen molar-refractivity contribution in [2.24, 2.45) is 0 Å². The van der Waals surface area contributed by atoms with Gasteiger partial charge in [-0.25, -0.2) is 9.78 Å². The minimum atomic E-state index is -0.120. The van der Waals surface area contributed by atoms with Gasteiger partial charge in [0.05, 0.1) is 0 Å². The number of hydrogen-bond acceptors (Lipinski definition) is 3. The molecule has 0 amide bonds. The Balaban J connectivity index is 1.86. The maximum atomic E-state index is 5.08. The van der Waals surface area contributed by atoms with E-state index in [2.05, 4.69) is 20.8 Å². The molecule has 1 fully saturated rings. The van der Waals surface area contributed by atoms with Gasteiger partial charge >= 0.3 is 0 Å². The highest BCUT2D eigenvalue weighted by molar-refractivity contribution is 9.09. The van der Waals surface area contributed by atoms with Gasteiger partial charge in [0.1, 0.15) is 0 Å². The van der Waals surface area contributed by atoms with E-state index >= 15 is 0 Å². The standard InChI is InChI=1S/C7H13BrO3/c8-5-3-1-2-4-7-9-6-10-11-7/h7H,1-6H2. The van der Waals surface area contributed by atoms with Crippen molar-refractivity contribution in [3.8, 4) is 0 Å². The van der Waals surface area contributed by atoms with E-state index in [9.17, 15) is 0 Å². The van der Waals surface area contributed by atoms with E-state index in [1.165, 1.54) is 12.8 Å². The molecule has 0 spiro atoms. The van der Waals surface area contributed by atoms with Crippen LogP contribution in [0.15, 0.2) is 0 Å². The van der Waals surface area contributed by atoms with Crippen LogP contribution in [0.3, 0.4) is 0 Å². The van der Waals surface area contributed by atoms with Crippen molar-refractivity contribution in [1.29, 1.82) is 0 Å². The van der Waals surface area contributed by atoms with Crippen molar-refractivity contribution in [3.05, 3.63) is 0 Å². The van der Waals surface area contributed by atoms with Crippen LogP contribution in [-0.4, -0.2) is 18.4 Å². The Morgan fingerprint density at radius 1 is 1.27 bits per heavy atom. The second kappa shape index (κ2) is 5.94. The summed E-state index contributed by atoms with van der Waals surface area (Å²) in [7, 11) is 0. The molecule has 0 saturated carbocycles. The lowest BCUT2D eigenvalue weighted by Gasteiger charge is -2.04. The number of alkyl halides is 1. The lowest BCUT2D eigenvalue weighted by Crippen LogP contribution is -2.06. The fraction of sp³-hybridized carbons (Fsp3) is 1.00. The maximum absolute atomic E-state index is 5.08. The Hall–Kier alpha value is 0.360. The molecule has 11 heavy (non-hydrogen) atoms. The largest absolute Gasteiger partial charge is 0.320 e. The summed E-state index contributed by atoms with van der Waals surface area (Å²) in [4.78, 5) is 9.38. The summed E-state index contributed by atoms with van der Waals surface area (Å²) in [5.41, 5.74) is 0. The van der Waals surface area contributed by atoms with E-state index in [0.717, 1.165) is 18.2 Å². The molecule has 0 aromatic heterocycles. The zero-order valence-corrected chi connectivity index (χ0v) is 8.01. The summed E-state index contributed by atoms with van der Waals surface area (Å²) in [6.45, 7) is 0.281. The fourth-order valence-electron chi connectivity index (χ4n) is 0.949. The van der Waals surface area contributed by atoms with Crippen LogP contribution >= 0.6 is 15.9 Å². The van der Waals surface area contributed by atoms with Gasteiger partial charge < -0.3 is 4.74 Å². The Labute approximate surface area is 75.1 Å². The predicted octanol–water partition coefficient (Wildman–Crippen LogP) is 2.20. The molecule has 1 saturated heterocycles. The molecule has 1 unspecified atom stereocenters. The van der Waals surface area contributed by atoms with Gasteiger partial charge in [-0.3, -0.25) is 0 Å². The molecule has 66 valence electrons. The number of rotatable bonds is 5. The molecule has 1 heterocycles. The summed E-state index contributed by atoms with van der Waals surface area (Å²) in [6, 6.07) is 0. The first-order chi connectivity index (χ1) is 5.43. The predicted molar refractivity (Wildman–Crippen MR) is 44.2 cm³/mol. The first-order valence-electron chi connectivity index (χ1n) is 3.89. The highest BCUT2D eigenvalue weighted by Crippen LogP contribution is 2.13. The minimum Gasteiger partial charge on any atom is -0.320 e. The highest BCUT2D eigenvalue weighted by Gasteiger charge is 2.16. The monoisotopic (exact) mass is 224 g/mol. The lowest BCUT2D eigenvalue weighted by atomic mass is 10.2. The van der Waals surface area contributed by atoms with Crippen molar-refractivity contribution in [2.45, 2.75) is 32.0 Å². The Kier molecular flexibility index (Phi) is 5.10. The molecular formula is C7H13BrO3. The SMILES string of the molecule is BrCCCCCC1OCOO1. The summed E-state index contributed by atoms with van der Waals surface area (Å²) in [6.07, 6.45) is 4.39. The lowest BCUT2D eigenvalue weighted by molar-refractivity contribution is -0.278. The Bertz CT molecular complexity index is 93.7. The molecule has 0 aromatic carbocycles. The van der Waals surface area contributed by atoms with E-state index in [-0.39, 0.29) is 13.1 Å². The molecule has 1 aliphatic heterocycles. The van der Waals surface area contributed by atoms with Crippen LogP contribution in [0.1, 0.15) is 25.7 Å². The van der Waals surface area contributed by atoms with Crippen LogP contribution in [0.4, 0.5) is 0 Å². The molecule has 0 radical (unpaired) electrons. The van der Waals surface area contributed by atoms with Gasteiger partial charge in [0.25, 0.3) is 0 Å². The second-order valence-corrected chi connectivity index (χ2v) is 3.26. The third-order valence-electron chi connectivity index (χ3n) is 1.55. The van der Waals surface area contributed by atoms with Gasteiger partial charge in [0.2, 0.25) is 0 Å². The van der Waals surface area contributed by atoms with E-state index < -0.39 is 0 Å². The van der Waals surface area contributed by atoms with Crippen LogP contribution in [0.25, 0.3) is 0 Å². The Morgan fingerprint density at radius 2 is 2.18 bits per heavy atom. The topological polar surface area (TPSA) is 27.7 Å². The van der Waals surface area contributed by atoms with E-state index in [4.69, 9.17) is 9.62 Å².